The molecule has 0 saturated carbocycles. The number of aromatic carboxylic acids is 1. The average molecular weight is 310 g/mol. The molecule has 0 amide bonds. The molecule has 0 fully saturated rings. The topological polar surface area (TPSA) is 127 Å². The number of sulfonamides is 1. The number of aromatic nitrogens is 2. The maximum atomic E-state index is 12.2. The summed E-state index contributed by atoms with van der Waals surface area (Å²) in [5.41, 5.74) is 5.38. The van der Waals surface area contributed by atoms with Crippen molar-refractivity contribution in [2.24, 2.45) is 0 Å². The van der Waals surface area contributed by atoms with Gasteiger partial charge in [-0.1, -0.05) is 0 Å². The molecule has 0 aliphatic carbocycles. The number of carbonyl (C=O) groups is 1. The van der Waals surface area contributed by atoms with E-state index in [0.29, 0.717) is 6.54 Å². The Morgan fingerprint density at radius 3 is 2.81 bits per heavy atom. The van der Waals surface area contributed by atoms with E-state index >= 15 is 0 Å². The summed E-state index contributed by atoms with van der Waals surface area (Å²) in [6.07, 6.45) is 3.27. The zero-order chi connectivity index (χ0) is 15.5. The first-order valence-corrected chi connectivity index (χ1v) is 7.48. The number of anilines is 1. The van der Waals surface area contributed by atoms with E-state index in [0.717, 1.165) is 6.07 Å². The van der Waals surface area contributed by atoms with Crippen LogP contribution in [-0.2, 0) is 16.6 Å². The highest BCUT2D eigenvalue weighted by Gasteiger charge is 2.22. The largest absolute Gasteiger partial charge is 0.478 e. The van der Waals surface area contributed by atoms with Crippen molar-refractivity contribution in [3.05, 3.63) is 42.2 Å². The van der Waals surface area contributed by atoms with E-state index < -0.39 is 16.0 Å². The lowest BCUT2D eigenvalue weighted by Gasteiger charge is -2.10. The van der Waals surface area contributed by atoms with E-state index in [2.05, 4.69) is 9.82 Å². The van der Waals surface area contributed by atoms with Crippen molar-refractivity contribution in [3.63, 3.8) is 0 Å². The Labute approximate surface area is 121 Å². The van der Waals surface area contributed by atoms with Gasteiger partial charge in [-0.2, -0.15) is 5.10 Å². The van der Waals surface area contributed by atoms with Gasteiger partial charge in [-0.05, 0) is 24.3 Å². The Bertz CT molecular complexity index is 741. The molecular weight excluding hydrogens is 296 g/mol. The van der Waals surface area contributed by atoms with Crippen LogP contribution in [-0.4, -0.2) is 35.8 Å². The second-order valence-corrected chi connectivity index (χ2v) is 5.96. The molecule has 1 aromatic carbocycles. The number of nitrogen functional groups attached to an aromatic ring is 1. The number of rotatable bonds is 6. The molecule has 0 aliphatic heterocycles. The zero-order valence-electron chi connectivity index (χ0n) is 10.9. The summed E-state index contributed by atoms with van der Waals surface area (Å²) in [6.45, 7) is 0.412. The normalized spacial score (nSPS) is 11.4. The second kappa shape index (κ2) is 5.94. The number of nitrogens with zero attached hydrogens (tertiary/aromatic N) is 2. The lowest BCUT2D eigenvalue weighted by molar-refractivity contribution is 0.0692. The van der Waals surface area contributed by atoms with Crippen LogP contribution in [0.15, 0.2) is 41.6 Å². The highest BCUT2D eigenvalue weighted by molar-refractivity contribution is 7.89. The highest BCUT2D eigenvalue weighted by Crippen LogP contribution is 2.19. The third-order valence-electron chi connectivity index (χ3n) is 2.72. The number of carboxylic acid groups (broad SMARTS) is 1. The van der Waals surface area contributed by atoms with Gasteiger partial charge in [0.15, 0.2) is 0 Å². The van der Waals surface area contributed by atoms with Crippen LogP contribution in [0.1, 0.15) is 10.4 Å². The van der Waals surface area contributed by atoms with Crippen LogP contribution < -0.4 is 10.5 Å². The van der Waals surface area contributed by atoms with E-state index in [9.17, 15) is 13.2 Å². The predicted octanol–water partition coefficient (Wildman–Crippen LogP) is 0.142. The summed E-state index contributed by atoms with van der Waals surface area (Å²) < 4.78 is 28.2. The molecule has 1 heterocycles. The van der Waals surface area contributed by atoms with E-state index in [1.165, 1.54) is 12.1 Å². The molecule has 112 valence electrons. The molecule has 2 aromatic rings. The Hall–Kier alpha value is -2.39. The van der Waals surface area contributed by atoms with E-state index in [4.69, 9.17) is 10.8 Å². The van der Waals surface area contributed by atoms with E-state index in [-0.39, 0.29) is 22.7 Å². The molecule has 9 heteroatoms. The standard InChI is InChI=1S/C12H14N4O4S/c13-9-2-3-10(12(17)18)11(8-9)21(19,20)15-5-7-16-6-1-4-14-16/h1-4,6,8,15H,5,7,13H2,(H,17,18). The number of nitrogens with one attached hydrogen (secondary N) is 1. The van der Waals surface area contributed by atoms with Crippen molar-refractivity contribution in [3.8, 4) is 0 Å². The fourth-order valence-corrected chi connectivity index (χ4v) is 2.99. The summed E-state index contributed by atoms with van der Waals surface area (Å²) in [4.78, 5) is 10.7. The van der Waals surface area contributed by atoms with Crippen molar-refractivity contribution < 1.29 is 18.3 Å². The molecule has 0 saturated heterocycles. The van der Waals surface area contributed by atoms with Gasteiger partial charge in [-0.25, -0.2) is 17.9 Å². The molecule has 0 spiro atoms. The van der Waals surface area contributed by atoms with Crippen molar-refractivity contribution >= 4 is 21.7 Å². The Balaban J connectivity index is 2.19. The molecular formula is C12H14N4O4S. The second-order valence-electron chi connectivity index (χ2n) is 4.23. The summed E-state index contributed by atoms with van der Waals surface area (Å²) in [6, 6.07) is 5.35. The fraction of sp³-hybridized carbons (Fsp3) is 0.167. The number of carboxylic acids is 1. The number of benzene rings is 1. The third kappa shape index (κ3) is 3.58. The molecule has 8 nitrogen and oxygen atoms in total. The minimum atomic E-state index is -3.96. The lowest BCUT2D eigenvalue weighted by Crippen LogP contribution is -2.29. The molecule has 0 bridgehead atoms. The number of nitrogens with two attached hydrogens (primary N) is 1. The maximum Gasteiger partial charge on any atom is 0.337 e. The molecule has 0 aliphatic rings. The van der Waals surface area contributed by atoms with E-state index in [1.54, 1.807) is 23.1 Å². The molecule has 4 N–H and O–H groups in total. The van der Waals surface area contributed by atoms with Crippen LogP contribution in [0.2, 0.25) is 0 Å². The summed E-state index contributed by atoms with van der Waals surface area (Å²) in [7, 11) is -3.96. The van der Waals surface area contributed by atoms with Crippen molar-refractivity contribution in [1.29, 1.82) is 0 Å². The minimum absolute atomic E-state index is 0.0812. The minimum Gasteiger partial charge on any atom is -0.478 e. The summed E-state index contributed by atoms with van der Waals surface area (Å²) in [5, 5.41) is 13.0. The molecule has 0 atom stereocenters. The van der Waals surface area contributed by atoms with Gasteiger partial charge in [-0.15, -0.1) is 0 Å². The Morgan fingerprint density at radius 2 is 2.19 bits per heavy atom. The van der Waals surface area contributed by atoms with Crippen molar-refractivity contribution in [2.75, 3.05) is 12.3 Å². The molecule has 0 radical (unpaired) electrons. The van der Waals surface area contributed by atoms with Crippen molar-refractivity contribution in [1.82, 2.24) is 14.5 Å². The van der Waals surface area contributed by atoms with Gasteiger partial charge in [-0.3, -0.25) is 4.68 Å². The number of hydrogen-bond acceptors (Lipinski definition) is 5. The van der Waals surface area contributed by atoms with Crippen LogP contribution in [0.5, 0.6) is 0 Å². The van der Waals surface area contributed by atoms with Crippen LogP contribution >= 0.6 is 0 Å². The van der Waals surface area contributed by atoms with Crippen molar-refractivity contribution in [2.45, 2.75) is 11.4 Å². The Morgan fingerprint density at radius 1 is 1.43 bits per heavy atom. The van der Waals surface area contributed by atoms with Crippen LogP contribution in [0.4, 0.5) is 5.69 Å². The quantitative estimate of drug-likeness (QED) is 0.651. The summed E-state index contributed by atoms with van der Waals surface area (Å²) >= 11 is 0. The van der Waals surface area contributed by atoms with Gasteiger partial charge in [0.2, 0.25) is 10.0 Å². The zero-order valence-corrected chi connectivity index (χ0v) is 11.7. The van der Waals surface area contributed by atoms with Crippen LogP contribution in [0, 0.1) is 0 Å². The smallest absolute Gasteiger partial charge is 0.337 e. The first kappa shape index (κ1) is 15.0. The first-order chi connectivity index (χ1) is 9.90. The maximum absolute atomic E-state index is 12.2. The number of hydrogen-bond donors (Lipinski definition) is 3. The highest BCUT2D eigenvalue weighted by atomic mass is 32.2. The summed E-state index contributed by atoms with van der Waals surface area (Å²) in [5.74, 6) is -1.33. The van der Waals surface area contributed by atoms with Gasteiger partial charge in [0.05, 0.1) is 17.0 Å². The van der Waals surface area contributed by atoms with E-state index in [1.807, 2.05) is 0 Å². The average Bonchev–Trinajstić information content (AvgIpc) is 2.91. The van der Waals surface area contributed by atoms with Gasteiger partial charge >= 0.3 is 5.97 Å². The molecule has 21 heavy (non-hydrogen) atoms. The molecule has 2 rings (SSSR count). The predicted molar refractivity (Wildman–Crippen MR) is 75.2 cm³/mol. The fourth-order valence-electron chi connectivity index (χ4n) is 1.74. The SMILES string of the molecule is Nc1ccc(C(=O)O)c(S(=O)(=O)NCCn2cccn2)c1. The van der Waals surface area contributed by atoms with Gasteiger partial charge in [0, 0.05) is 24.6 Å². The van der Waals surface area contributed by atoms with Gasteiger partial charge < -0.3 is 10.8 Å². The third-order valence-corrected chi connectivity index (χ3v) is 4.22. The lowest BCUT2D eigenvalue weighted by atomic mass is 10.2. The first-order valence-electron chi connectivity index (χ1n) is 6.00. The molecule has 1 aromatic heterocycles. The monoisotopic (exact) mass is 310 g/mol. The van der Waals surface area contributed by atoms with Gasteiger partial charge in [0.25, 0.3) is 0 Å². The Kier molecular flexibility index (Phi) is 4.24. The van der Waals surface area contributed by atoms with Gasteiger partial charge in [0.1, 0.15) is 0 Å². The molecule has 0 unspecified atom stereocenters. The van der Waals surface area contributed by atoms with Crippen LogP contribution in [0.25, 0.3) is 0 Å². The van der Waals surface area contributed by atoms with Crippen LogP contribution in [0.3, 0.4) is 0 Å².